The molecule has 6 nitrogen and oxygen atoms in total. The largest absolute Gasteiger partial charge is 0.464 e. The van der Waals surface area contributed by atoms with Crippen LogP contribution in [0.1, 0.15) is 34.8 Å². The second-order valence-corrected chi connectivity index (χ2v) is 5.88. The molecule has 1 aromatic carbocycles. The number of hydrogen-bond donors (Lipinski definition) is 1. The first-order valence-corrected chi connectivity index (χ1v) is 7.61. The fourth-order valence-corrected chi connectivity index (χ4v) is 2.78. The molecule has 0 amide bonds. The summed E-state index contributed by atoms with van der Waals surface area (Å²) in [6.07, 6.45) is 3.70. The van der Waals surface area contributed by atoms with Gasteiger partial charge in [0.2, 0.25) is 0 Å². The standard InChI is InChI=1S/C17H15FN4O2/c1-24-17(23)13-7-11(9-2-3-9)16-14(20-13)8-22(21-16)15-5-4-10(19)6-12(15)18/h4-9H,2-3,19H2,1H3. The lowest BCUT2D eigenvalue weighted by atomic mass is 10.1. The molecule has 2 heterocycles. The predicted octanol–water partition coefficient (Wildman–Crippen LogP) is 2.81. The number of carbonyl (C=O) groups excluding carboxylic acids is 1. The van der Waals surface area contributed by atoms with Gasteiger partial charge in [-0.25, -0.2) is 18.9 Å². The van der Waals surface area contributed by atoms with Crippen molar-refractivity contribution in [3.8, 4) is 5.69 Å². The van der Waals surface area contributed by atoms with Gasteiger partial charge in [-0.2, -0.15) is 5.10 Å². The molecule has 0 bridgehead atoms. The summed E-state index contributed by atoms with van der Waals surface area (Å²) in [4.78, 5) is 16.1. The fraction of sp³-hybridized carbons (Fsp3) is 0.235. The first-order chi connectivity index (χ1) is 11.6. The molecule has 7 heteroatoms. The maximum Gasteiger partial charge on any atom is 0.356 e. The minimum Gasteiger partial charge on any atom is -0.464 e. The molecule has 1 fully saturated rings. The molecule has 0 aliphatic heterocycles. The monoisotopic (exact) mass is 326 g/mol. The number of ether oxygens (including phenoxy) is 1. The van der Waals surface area contributed by atoms with Crippen molar-refractivity contribution in [1.29, 1.82) is 0 Å². The number of hydrogen-bond acceptors (Lipinski definition) is 5. The zero-order chi connectivity index (χ0) is 16.8. The number of benzene rings is 1. The Morgan fingerprint density at radius 2 is 2.17 bits per heavy atom. The van der Waals surface area contributed by atoms with Gasteiger partial charge in [-0.05, 0) is 48.6 Å². The molecule has 0 radical (unpaired) electrons. The van der Waals surface area contributed by atoms with Crippen LogP contribution in [-0.2, 0) is 4.74 Å². The third-order valence-electron chi connectivity index (χ3n) is 4.13. The molecule has 122 valence electrons. The van der Waals surface area contributed by atoms with E-state index < -0.39 is 11.8 Å². The summed E-state index contributed by atoms with van der Waals surface area (Å²) in [6.45, 7) is 0. The van der Waals surface area contributed by atoms with Crippen LogP contribution in [0.2, 0.25) is 0 Å². The zero-order valence-electron chi connectivity index (χ0n) is 13.0. The molecule has 3 aromatic rings. The Balaban J connectivity index is 1.90. The summed E-state index contributed by atoms with van der Waals surface area (Å²) in [5.74, 6) is -0.604. The van der Waals surface area contributed by atoms with Crippen molar-refractivity contribution in [2.45, 2.75) is 18.8 Å². The number of aromatic nitrogens is 3. The SMILES string of the molecule is COC(=O)c1cc(C2CC2)c2nn(-c3ccc(N)cc3F)cc2n1. The third kappa shape index (κ3) is 2.38. The molecule has 0 saturated heterocycles. The Bertz CT molecular complexity index is 963. The summed E-state index contributed by atoms with van der Waals surface area (Å²) < 4.78 is 20.4. The Kier molecular flexibility index (Phi) is 3.23. The van der Waals surface area contributed by atoms with Crippen LogP contribution in [0.15, 0.2) is 30.5 Å². The van der Waals surface area contributed by atoms with Crippen LogP contribution in [0.25, 0.3) is 16.7 Å². The average Bonchev–Trinajstić information content (AvgIpc) is 3.32. The number of rotatable bonds is 3. The van der Waals surface area contributed by atoms with Gasteiger partial charge in [0.15, 0.2) is 5.82 Å². The molecule has 4 rings (SSSR count). The number of nitrogens with zero attached hydrogens (tertiary/aromatic N) is 3. The van der Waals surface area contributed by atoms with Crippen molar-refractivity contribution >= 4 is 22.7 Å². The predicted molar refractivity (Wildman–Crippen MR) is 86.5 cm³/mol. The molecule has 0 spiro atoms. The summed E-state index contributed by atoms with van der Waals surface area (Å²) in [5, 5.41) is 4.48. The van der Waals surface area contributed by atoms with E-state index in [1.807, 2.05) is 0 Å². The van der Waals surface area contributed by atoms with Gasteiger partial charge in [-0.15, -0.1) is 0 Å². The first kappa shape index (κ1) is 14.6. The van der Waals surface area contributed by atoms with E-state index in [2.05, 4.69) is 10.1 Å². The van der Waals surface area contributed by atoms with Crippen molar-refractivity contribution < 1.29 is 13.9 Å². The molecular weight excluding hydrogens is 311 g/mol. The number of halogens is 1. The minimum atomic E-state index is -0.495. The number of fused-ring (bicyclic) bond motifs is 1. The van der Waals surface area contributed by atoms with E-state index in [-0.39, 0.29) is 11.4 Å². The Labute approximate surface area is 137 Å². The Hall–Kier alpha value is -2.96. The Morgan fingerprint density at radius 1 is 1.38 bits per heavy atom. The van der Waals surface area contributed by atoms with Crippen molar-refractivity contribution in [2.24, 2.45) is 0 Å². The van der Waals surface area contributed by atoms with E-state index in [1.165, 1.54) is 17.9 Å². The molecule has 0 unspecified atom stereocenters. The number of anilines is 1. The first-order valence-electron chi connectivity index (χ1n) is 7.61. The van der Waals surface area contributed by atoms with Gasteiger partial charge in [0, 0.05) is 5.69 Å². The number of esters is 1. The van der Waals surface area contributed by atoms with E-state index in [4.69, 9.17) is 10.5 Å². The van der Waals surface area contributed by atoms with Crippen LogP contribution in [0.3, 0.4) is 0 Å². The summed E-state index contributed by atoms with van der Waals surface area (Å²) in [6, 6.07) is 6.15. The average molecular weight is 326 g/mol. The van der Waals surface area contributed by atoms with E-state index in [1.54, 1.807) is 24.4 Å². The van der Waals surface area contributed by atoms with E-state index in [9.17, 15) is 9.18 Å². The highest BCUT2D eigenvalue weighted by Gasteiger charge is 2.29. The second kappa shape index (κ2) is 5.30. The van der Waals surface area contributed by atoms with Crippen LogP contribution in [0.5, 0.6) is 0 Å². The number of nitrogens with two attached hydrogens (primary N) is 1. The summed E-state index contributed by atoms with van der Waals surface area (Å²) in [7, 11) is 1.32. The van der Waals surface area contributed by atoms with Gasteiger partial charge in [0.05, 0.1) is 13.3 Å². The number of nitrogen functional groups attached to an aromatic ring is 1. The van der Waals surface area contributed by atoms with Crippen molar-refractivity contribution in [1.82, 2.24) is 14.8 Å². The van der Waals surface area contributed by atoms with Crippen molar-refractivity contribution in [2.75, 3.05) is 12.8 Å². The van der Waals surface area contributed by atoms with Gasteiger partial charge >= 0.3 is 5.97 Å². The molecule has 1 saturated carbocycles. The highest BCUT2D eigenvalue weighted by atomic mass is 19.1. The lowest BCUT2D eigenvalue weighted by molar-refractivity contribution is 0.0594. The fourth-order valence-electron chi connectivity index (χ4n) is 2.78. The van der Waals surface area contributed by atoms with Gasteiger partial charge in [0.25, 0.3) is 0 Å². The third-order valence-corrected chi connectivity index (χ3v) is 4.13. The highest BCUT2D eigenvalue weighted by molar-refractivity contribution is 5.91. The van der Waals surface area contributed by atoms with E-state index in [0.29, 0.717) is 22.6 Å². The minimum absolute atomic E-state index is 0.240. The number of methoxy groups -OCH3 is 1. The second-order valence-electron chi connectivity index (χ2n) is 5.88. The molecule has 2 N–H and O–H groups in total. The van der Waals surface area contributed by atoms with Crippen LogP contribution in [-0.4, -0.2) is 27.8 Å². The molecule has 0 atom stereocenters. The van der Waals surface area contributed by atoms with Gasteiger partial charge in [0.1, 0.15) is 22.4 Å². The lowest BCUT2D eigenvalue weighted by Crippen LogP contribution is -2.05. The van der Waals surface area contributed by atoms with Crippen LogP contribution in [0, 0.1) is 5.82 Å². The summed E-state index contributed by atoms with van der Waals surface area (Å²) >= 11 is 0. The molecule has 24 heavy (non-hydrogen) atoms. The Morgan fingerprint density at radius 3 is 2.83 bits per heavy atom. The normalized spacial score (nSPS) is 14.1. The summed E-state index contributed by atoms with van der Waals surface area (Å²) in [5.41, 5.74) is 8.63. The molecule has 1 aliphatic rings. The van der Waals surface area contributed by atoms with Gasteiger partial charge in [-0.1, -0.05) is 0 Å². The molecule has 1 aliphatic carbocycles. The van der Waals surface area contributed by atoms with Crippen molar-refractivity contribution in [3.05, 3.63) is 47.5 Å². The number of carbonyl (C=O) groups is 1. The number of pyridine rings is 1. The van der Waals surface area contributed by atoms with Gasteiger partial charge < -0.3 is 10.5 Å². The quantitative estimate of drug-likeness (QED) is 0.591. The van der Waals surface area contributed by atoms with Crippen LogP contribution < -0.4 is 5.73 Å². The maximum atomic E-state index is 14.2. The van der Waals surface area contributed by atoms with Crippen LogP contribution in [0.4, 0.5) is 10.1 Å². The lowest BCUT2D eigenvalue weighted by Gasteiger charge is -2.04. The topological polar surface area (TPSA) is 83.0 Å². The maximum absolute atomic E-state index is 14.2. The molecular formula is C17H15FN4O2. The zero-order valence-corrected chi connectivity index (χ0v) is 13.0. The van der Waals surface area contributed by atoms with Crippen molar-refractivity contribution in [3.63, 3.8) is 0 Å². The van der Waals surface area contributed by atoms with Crippen LogP contribution >= 0.6 is 0 Å². The highest BCUT2D eigenvalue weighted by Crippen LogP contribution is 2.43. The smallest absolute Gasteiger partial charge is 0.356 e. The van der Waals surface area contributed by atoms with E-state index in [0.717, 1.165) is 18.4 Å². The van der Waals surface area contributed by atoms with Gasteiger partial charge in [-0.3, -0.25) is 0 Å². The van der Waals surface area contributed by atoms with E-state index >= 15 is 0 Å². The molecule has 2 aromatic heterocycles.